The maximum absolute atomic E-state index is 12.7. The van der Waals surface area contributed by atoms with Crippen molar-refractivity contribution < 1.29 is 9.50 Å². The van der Waals surface area contributed by atoms with Gasteiger partial charge in [0.25, 0.3) is 0 Å². The molecule has 1 rings (SSSR count). The molecule has 0 spiro atoms. The summed E-state index contributed by atoms with van der Waals surface area (Å²) in [5, 5.41) is 9.55. The molecule has 0 amide bonds. The van der Waals surface area contributed by atoms with Crippen molar-refractivity contribution in [1.82, 2.24) is 4.98 Å². The Morgan fingerprint density at radius 1 is 1.62 bits per heavy atom. The lowest BCUT2D eigenvalue weighted by molar-refractivity contribution is 0.203. The first kappa shape index (κ1) is 10.5. The van der Waals surface area contributed by atoms with Crippen molar-refractivity contribution >= 4 is 11.8 Å². The molecule has 0 aliphatic heterocycles. The predicted octanol–water partition coefficient (Wildman–Crippen LogP) is 2.01. The fourth-order valence-corrected chi connectivity index (χ4v) is 1.59. The summed E-state index contributed by atoms with van der Waals surface area (Å²) in [6.07, 6.45) is 2.00. The second-order valence-electron chi connectivity index (χ2n) is 2.61. The van der Waals surface area contributed by atoms with Crippen molar-refractivity contribution in [2.75, 3.05) is 11.5 Å². The molecule has 0 aliphatic carbocycles. The highest BCUT2D eigenvalue weighted by Crippen LogP contribution is 2.17. The van der Waals surface area contributed by atoms with Crippen molar-refractivity contribution in [3.8, 4) is 0 Å². The zero-order chi connectivity index (χ0) is 9.68. The summed E-state index contributed by atoms with van der Waals surface area (Å²) < 4.78 is 12.7. The minimum Gasteiger partial charge on any atom is -0.387 e. The topological polar surface area (TPSA) is 33.1 Å². The van der Waals surface area contributed by atoms with Gasteiger partial charge in [-0.15, -0.1) is 0 Å². The fourth-order valence-electron chi connectivity index (χ4n) is 0.936. The number of nitrogens with zero attached hydrogens (tertiary/aromatic N) is 1. The van der Waals surface area contributed by atoms with Crippen LogP contribution in [0, 0.1) is 5.82 Å². The van der Waals surface area contributed by atoms with E-state index in [1.165, 1.54) is 12.3 Å². The molecule has 0 saturated carbocycles. The zero-order valence-electron chi connectivity index (χ0n) is 7.40. The number of pyridine rings is 1. The lowest BCUT2D eigenvalue weighted by Crippen LogP contribution is -2.01. The Labute approximate surface area is 81.2 Å². The van der Waals surface area contributed by atoms with E-state index >= 15 is 0 Å². The molecule has 0 fully saturated rings. The monoisotopic (exact) mass is 201 g/mol. The second-order valence-corrected chi connectivity index (χ2v) is 3.93. The van der Waals surface area contributed by atoms with Crippen LogP contribution in [-0.2, 0) is 0 Å². The highest BCUT2D eigenvalue weighted by atomic mass is 32.2. The molecule has 1 aromatic rings. The molecule has 1 unspecified atom stereocenters. The van der Waals surface area contributed by atoms with Crippen LogP contribution in [0.1, 0.15) is 18.6 Å². The van der Waals surface area contributed by atoms with E-state index in [1.54, 1.807) is 11.8 Å². The minimum atomic E-state index is -0.617. The molecule has 1 atom stereocenters. The van der Waals surface area contributed by atoms with E-state index in [0.717, 1.165) is 11.9 Å². The van der Waals surface area contributed by atoms with Crippen molar-refractivity contribution in [3.05, 3.63) is 29.8 Å². The number of rotatable bonds is 4. The Bertz CT molecular complexity index is 270. The van der Waals surface area contributed by atoms with E-state index in [2.05, 4.69) is 4.98 Å². The summed E-state index contributed by atoms with van der Waals surface area (Å²) in [6.45, 7) is 2.02. The maximum atomic E-state index is 12.7. The summed E-state index contributed by atoms with van der Waals surface area (Å²) >= 11 is 1.62. The third-order valence-electron chi connectivity index (χ3n) is 1.59. The Balaban J connectivity index is 2.60. The summed E-state index contributed by atoms with van der Waals surface area (Å²) in [7, 11) is 0. The van der Waals surface area contributed by atoms with Crippen LogP contribution in [0.15, 0.2) is 18.5 Å². The first-order chi connectivity index (χ1) is 6.24. The normalized spacial score (nSPS) is 12.8. The average molecular weight is 201 g/mol. The van der Waals surface area contributed by atoms with E-state index in [1.807, 2.05) is 6.92 Å². The molecule has 0 saturated heterocycles. The average Bonchev–Trinajstić information content (AvgIpc) is 2.14. The third-order valence-corrected chi connectivity index (χ3v) is 2.55. The smallest absolute Gasteiger partial charge is 0.141 e. The Morgan fingerprint density at radius 2 is 2.38 bits per heavy atom. The Morgan fingerprint density at radius 3 is 3.00 bits per heavy atom. The molecule has 1 N–H and O–H groups in total. The van der Waals surface area contributed by atoms with Crippen LogP contribution in [0.5, 0.6) is 0 Å². The maximum Gasteiger partial charge on any atom is 0.141 e. The van der Waals surface area contributed by atoms with Crippen LogP contribution >= 0.6 is 11.8 Å². The van der Waals surface area contributed by atoms with Crippen LogP contribution in [0.4, 0.5) is 4.39 Å². The highest BCUT2D eigenvalue weighted by molar-refractivity contribution is 7.99. The number of aliphatic hydroxyl groups is 1. The molecular weight excluding hydrogens is 189 g/mol. The number of hydrogen-bond donors (Lipinski definition) is 1. The van der Waals surface area contributed by atoms with E-state index in [0.29, 0.717) is 11.3 Å². The van der Waals surface area contributed by atoms with Crippen molar-refractivity contribution in [3.63, 3.8) is 0 Å². The fraction of sp³-hybridized carbons (Fsp3) is 0.444. The van der Waals surface area contributed by atoms with Gasteiger partial charge in [0.2, 0.25) is 0 Å². The van der Waals surface area contributed by atoms with Gasteiger partial charge in [-0.1, -0.05) is 6.92 Å². The number of hydrogen-bond acceptors (Lipinski definition) is 3. The van der Waals surface area contributed by atoms with Crippen LogP contribution in [-0.4, -0.2) is 21.6 Å². The van der Waals surface area contributed by atoms with Crippen LogP contribution in [0.2, 0.25) is 0 Å². The molecule has 1 heterocycles. The highest BCUT2D eigenvalue weighted by Gasteiger charge is 2.07. The van der Waals surface area contributed by atoms with Gasteiger partial charge in [-0.2, -0.15) is 11.8 Å². The van der Waals surface area contributed by atoms with E-state index < -0.39 is 11.9 Å². The summed E-state index contributed by atoms with van der Waals surface area (Å²) in [5.41, 5.74) is 0.543. The van der Waals surface area contributed by atoms with Gasteiger partial charge in [0, 0.05) is 17.5 Å². The lowest BCUT2D eigenvalue weighted by Gasteiger charge is -2.08. The molecule has 0 radical (unpaired) electrons. The van der Waals surface area contributed by atoms with Gasteiger partial charge < -0.3 is 5.11 Å². The van der Waals surface area contributed by atoms with Crippen LogP contribution < -0.4 is 0 Å². The van der Waals surface area contributed by atoms with Crippen LogP contribution in [0.3, 0.4) is 0 Å². The number of aliphatic hydroxyl groups excluding tert-OH is 1. The number of aromatic nitrogens is 1. The van der Waals surface area contributed by atoms with Gasteiger partial charge in [0.05, 0.1) is 12.3 Å². The number of halogens is 1. The Hall–Kier alpha value is -0.610. The first-order valence-corrected chi connectivity index (χ1v) is 5.25. The van der Waals surface area contributed by atoms with Gasteiger partial charge in [-0.05, 0) is 11.8 Å². The molecule has 0 aromatic carbocycles. The van der Waals surface area contributed by atoms with Crippen molar-refractivity contribution in [2.45, 2.75) is 13.0 Å². The quantitative estimate of drug-likeness (QED) is 0.809. The van der Waals surface area contributed by atoms with E-state index in [-0.39, 0.29) is 0 Å². The van der Waals surface area contributed by atoms with Gasteiger partial charge in [0.15, 0.2) is 0 Å². The minimum absolute atomic E-state index is 0.405. The van der Waals surface area contributed by atoms with Crippen molar-refractivity contribution in [1.29, 1.82) is 0 Å². The van der Waals surface area contributed by atoms with Gasteiger partial charge in [0.1, 0.15) is 5.82 Å². The SMILES string of the molecule is CCSCC(O)c1cncc(F)c1. The summed E-state index contributed by atoms with van der Waals surface area (Å²) in [6, 6.07) is 1.31. The lowest BCUT2D eigenvalue weighted by atomic mass is 10.2. The van der Waals surface area contributed by atoms with Gasteiger partial charge >= 0.3 is 0 Å². The zero-order valence-corrected chi connectivity index (χ0v) is 8.22. The summed E-state index contributed by atoms with van der Waals surface area (Å²) in [4.78, 5) is 3.67. The van der Waals surface area contributed by atoms with E-state index in [9.17, 15) is 9.50 Å². The van der Waals surface area contributed by atoms with E-state index in [4.69, 9.17) is 0 Å². The largest absolute Gasteiger partial charge is 0.387 e. The van der Waals surface area contributed by atoms with Gasteiger partial charge in [-0.25, -0.2) is 4.39 Å². The Kier molecular flexibility index (Phi) is 4.18. The van der Waals surface area contributed by atoms with Gasteiger partial charge in [-0.3, -0.25) is 4.98 Å². The van der Waals surface area contributed by atoms with Crippen LogP contribution in [0.25, 0.3) is 0 Å². The summed E-state index contributed by atoms with van der Waals surface area (Å²) in [5.74, 6) is 1.12. The standard InChI is InChI=1S/C9H12FNOS/c1-2-13-6-9(12)7-3-8(10)5-11-4-7/h3-5,9,12H,2,6H2,1H3. The molecule has 2 nitrogen and oxygen atoms in total. The van der Waals surface area contributed by atoms with Crippen molar-refractivity contribution in [2.24, 2.45) is 0 Å². The number of thioether (sulfide) groups is 1. The first-order valence-electron chi connectivity index (χ1n) is 4.10. The predicted molar refractivity (Wildman–Crippen MR) is 52.2 cm³/mol. The second kappa shape index (κ2) is 5.19. The molecule has 1 aromatic heterocycles. The molecule has 0 aliphatic rings. The molecular formula is C9H12FNOS. The molecule has 13 heavy (non-hydrogen) atoms. The third kappa shape index (κ3) is 3.32. The molecule has 4 heteroatoms. The molecule has 72 valence electrons. The molecule has 0 bridgehead atoms.